The molecule has 2 amide bonds. The number of rotatable bonds is 4. The number of carboxylic acid groups (broad SMARTS) is 1. The molecule has 7 nitrogen and oxygen atoms in total. The van der Waals surface area contributed by atoms with Crippen molar-refractivity contribution >= 4 is 12.0 Å². The molecular weight excluding hydrogens is 274 g/mol. The van der Waals surface area contributed by atoms with Crippen LogP contribution in [-0.4, -0.2) is 59.1 Å². The zero-order valence-electron chi connectivity index (χ0n) is 12.3. The second-order valence-electron chi connectivity index (χ2n) is 5.15. The summed E-state index contributed by atoms with van der Waals surface area (Å²) in [5, 5.41) is 11.5. The Morgan fingerprint density at radius 2 is 2.19 bits per heavy atom. The van der Waals surface area contributed by atoms with E-state index in [9.17, 15) is 9.59 Å². The molecule has 0 saturated carbocycles. The number of nitrogens with zero attached hydrogens (tertiary/aromatic N) is 2. The Morgan fingerprint density at radius 3 is 2.76 bits per heavy atom. The van der Waals surface area contributed by atoms with Crippen molar-refractivity contribution in [3.63, 3.8) is 0 Å². The topological polar surface area (TPSA) is 86.0 Å². The van der Waals surface area contributed by atoms with Crippen LogP contribution < -0.4 is 5.32 Å². The summed E-state index contributed by atoms with van der Waals surface area (Å²) in [6, 6.07) is 3.13. The first kappa shape index (κ1) is 15.4. The van der Waals surface area contributed by atoms with E-state index in [1.165, 1.54) is 6.07 Å². The van der Waals surface area contributed by atoms with Gasteiger partial charge in [-0.2, -0.15) is 0 Å². The highest BCUT2D eigenvalue weighted by Crippen LogP contribution is 2.10. The molecule has 2 heterocycles. The highest BCUT2D eigenvalue weighted by Gasteiger charge is 2.25. The van der Waals surface area contributed by atoms with Crippen molar-refractivity contribution < 1.29 is 19.1 Å². The zero-order valence-corrected chi connectivity index (χ0v) is 12.3. The van der Waals surface area contributed by atoms with Gasteiger partial charge in [-0.05, 0) is 25.6 Å². The van der Waals surface area contributed by atoms with Crippen molar-refractivity contribution in [1.82, 2.24) is 15.1 Å². The van der Waals surface area contributed by atoms with Crippen molar-refractivity contribution in [2.24, 2.45) is 0 Å². The normalized spacial score (nSPS) is 19.5. The van der Waals surface area contributed by atoms with Gasteiger partial charge in [0.1, 0.15) is 5.76 Å². The molecule has 1 fully saturated rings. The fraction of sp³-hybridized carbons (Fsp3) is 0.571. The lowest BCUT2D eigenvalue weighted by molar-refractivity contribution is 0.0660. The third kappa shape index (κ3) is 3.75. The number of likely N-dealkylation sites (N-methyl/N-ethyl adjacent to an activating group) is 1. The van der Waals surface area contributed by atoms with Crippen LogP contribution in [0.4, 0.5) is 4.79 Å². The Kier molecular flexibility index (Phi) is 4.85. The van der Waals surface area contributed by atoms with Gasteiger partial charge in [-0.3, -0.25) is 4.90 Å². The molecule has 0 spiro atoms. The monoisotopic (exact) mass is 295 g/mol. The lowest BCUT2D eigenvalue weighted by Gasteiger charge is -2.39. The van der Waals surface area contributed by atoms with E-state index in [-0.39, 0.29) is 18.3 Å². The molecule has 1 aliphatic heterocycles. The average molecular weight is 295 g/mol. The number of nitrogens with one attached hydrogen (secondary N) is 1. The highest BCUT2D eigenvalue weighted by atomic mass is 16.4. The molecule has 1 aromatic heterocycles. The van der Waals surface area contributed by atoms with Gasteiger partial charge in [-0.1, -0.05) is 6.92 Å². The maximum atomic E-state index is 12.1. The maximum Gasteiger partial charge on any atom is 0.371 e. The maximum absolute atomic E-state index is 12.1. The van der Waals surface area contributed by atoms with E-state index < -0.39 is 5.97 Å². The van der Waals surface area contributed by atoms with Crippen LogP contribution in [-0.2, 0) is 6.54 Å². The van der Waals surface area contributed by atoms with Crippen molar-refractivity contribution in [3.05, 3.63) is 23.7 Å². The molecule has 1 aliphatic rings. The largest absolute Gasteiger partial charge is 0.475 e. The summed E-state index contributed by atoms with van der Waals surface area (Å²) in [4.78, 5) is 26.9. The van der Waals surface area contributed by atoms with Crippen LogP contribution in [0.3, 0.4) is 0 Å². The third-order valence-electron chi connectivity index (χ3n) is 3.74. The first-order valence-corrected chi connectivity index (χ1v) is 7.10. The molecule has 1 atom stereocenters. The molecule has 0 aromatic carbocycles. The van der Waals surface area contributed by atoms with Gasteiger partial charge in [0.25, 0.3) is 0 Å². The molecule has 0 radical (unpaired) electrons. The van der Waals surface area contributed by atoms with Gasteiger partial charge in [-0.25, -0.2) is 9.59 Å². The van der Waals surface area contributed by atoms with E-state index in [1.807, 2.05) is 0 Å². The number of carbonyl (C=O) groups excluding carboxylic acids is 1. The summed E-state index contributed by atoms with van der Waals surface area (Å²) in [6.07, 6.45) is 0. The van der Waals surface area contributed by atoms with Gasteiger partial charge >= 0.3 is 12.0 Å². The molecule has 1 saturated heterocycles. The van der Waals surface area contributed by atoms with Gasteiger partial charge in [0, 0.05) is 25.7 Å². The standard InChI is InChI=1S/C14H21N3O4/c1-3-16-6-7-17(9-10(16)2)14(20)15-8-11-4-5-12(21-11)13(18)19/h4-5,10H,3,6-9H2,1-2H3,(H,15,20)(H,18,19). The molecule has 0 bridgehead atoms. The first-order chi connectivity index (χ1) is 10.0. The minimum Gasteiger partial charge on any atom is -0.475 e. The van der Waals surface area contributed by atoms with E-state index in [0.29, 0.717) is 24.9 Å². The first-order valence-electron chi connectivity index (χ1n) is 7.10. The Balaban J connectivity index is 1.83. The number of furan rings is 1. The number of hydrogen-bond acceptors (Lipinski definition) is 4. The van der Waals surface area contributed by atoms with Gasteiger partial charge in [-0.15, -0.1) is 0 Å². The number of amides is 2. The summed E-state index contributed by atoms with van der Waals surface area (Å²) in [5.41, 5.74) is 0. The van der Waals surface area contributed by atoms with Crippen LogP contribution in [0.15, 0.2) is 16.5 Å². The van der Waals surface area contributed by atoms with Crippen LogP contribution in [0.2, 0.25) is 0 Å². The van der Waals surface area contributed by atoms with Crippen molar-refractivity contribution in [2.45, 2.75) is 26.4 Å². The molecule has 1 aromatic rings. The number of piperazine rings is 1. The molecule has 21 heavy (non-hydrogen) atoms. The number of aromatic carboxylic acids is 1. The molecule has 1 unspecified atom stereocenters. The van der Waals surface area contributed by atoms with Crippen molar-refractivity contribution in [2.75, 3.05) is 26.2 Å². The highest BCUT2D eigenvalue weighted by molar-refractivity contribution is 5.84. The molecule has 2 N–H and O–H groups in total. The number of carboxylic acids is 1. The van der Waals surface area contributed by atoms with E-state index in [1.54, 1.807) is 11.0 Å². The smallest absolute Gasteiger partial charge is 0.371 e. The van der Waals surface area contributed by atoms with E-state index in [4.69, 9.17) is 9.52 Å². The fourth-order valence-corrected chi connectivity index (χ4v) is 2.51. The Bertz CT molecular complexity index is 514. The Morgan fingerprint density at radius 1 is 1.43 bits per heavy atom. The summed E-state index contributed by atoms with van der Waals surface area (Å²) in [5.74, 6) is -0.803. The van der Waals surface area contributed by atoms with Gasteiger partial charge < -0.3 is 19.7 Å². The zero-order chi connectivity index (χ0) is 15.4. The predicted octanol–water partition coefficient (Wildman–Crippen LogP) is 1.21. The summed E-state index contributed by atoms with van der Waals surface area (Å²) in [7, 11) is 0. The van der Waals surface area contributed by atoms with Crippen LogP contribution in [0.25, 0.3) is 0 Å². The van der Waals surface area contributed by atoms with E-state index >= 15 is 0 Å². The van der Waals surface area contributed by atoms with Crippen LogP contribution in [0.5, 0.6) is 0 Å². The minimum atomic E-state index is -1.11. The predicted molar refractivity (Wildman–Crippen MR) is 76.2 cm³/mol. The number of urea groups is 1. The van der Waals surface area contributed by atoms with Gasteiger partial charge in [0.15, 0.2) is 0 Å². The van der Waals surface area contributed by atoms with E-state index in [0.717, 1.165) is 13.1 Å². The number of carbonyl (C=O) groups is 2. The quantitative estimate of drug-likeness (QED) is 0.872. The average Bonchev–Trinajstić information content (AvgIpc) is 2.93. The van der Waals surface area contributed by atoms with Gasteiger partial charge in [0.05, 0.1) is 6.54 Å². The Labute approximate surface area is 123 Å². The third-order valence-corrected chi connectivity index (χ3v) is 3.74. The van der Waals surface area contributed by atoms with Crippen molar-refractivity contribution in [1.29, 1.82) is 0 Å². The van der Waals surface area contributed by atoms with Gasteiger partial charge in [0.2, 0.25) is 5.76 Å². The molecule has 7 heteroatoms. The molecule has 2 rings (SSSR count). The van der Waals surface area contributed by atoms with Crippen molar-refractivity contribution in [3.8, 4) is 0 Å². The lowest BCUT2D eigenvalue weighted by Crippen LogP contribution is -2.55. The summed E-state index contributed by atoms with van der Waals surface area (Å²) < 4.78 is 5.10. The molecule has 116 valence electrons. The SMILES string of the molecule is CCN1CCN(C(=O)NCc2ccc(C(=O)O)o2)CC1C. The summed E-state index contributed by atoms with van der Waals surface area (Å²) >= 11 is 0. The minimum absolute atomic E-state index is 0.121. The fourth-order valence-electron chi connectivity index (χ4n) is 2.51. The van der Waals surface area contributed by atoms with Crippen LogP contribution >= 0.6 is 0 Å². The van der Waals surface area contributed by atoms with Crippen LogP contribution in [0.1, 0.15) is 30.2 Å². The molecule has 0 aliphatic carbocycles. The lowest BCUT2D eigenvalue weighted by atomic mass is 10.2. The second kappa shape index (κ2) is 6.62. The second-order valence-corrected chi connectivity index (χ2v) is 5.15. The van der Waals surface area contributed by atoms with Crippen LogP contribution in [0, 0.1) is 0 Å². The Hall–Kier alpha value is -2.02. The van der Waals surface area contributed by atoms with E-state index in [2.05, 4.69) is 24.1 Å². The molecular formula is C14H21N3O4. The number of hydrogen-bond donors (Lipinski definition) is 2. The summed E-state index contributed by atoms with van der Waals surface area (Å²) in [6.45, 7) is 7.66.